The Kier molecular flexibility index (Phi) is 13.0. The molecular formula is C33H46F3N3O2Sn. The average molecular weight is 692 g/mol. The van der Waals surface area contributed by atoms with Crippen molar-refractivity contribution in [3.8, 4) is 6.07 Å². The maximum atomic E-state index is 13.3. The molecule has 0 radical (unpaired) electrons. The SMILES string of the molecule is CCC[CH2][Sn]([CH2]CCC)([CH2]CCC)[c]1ccc(C2CCN(c3ccc(C(F)(F)F)cc3C#N)C(C(=O)OCC)C2)cn1. The Morgan fingerprint density at radius 3 is 2.19 bits per heavy atom. The zero-order valence-corrected chi connectivity index (χ0v) is 28.5. The number of pyridine rings is 1. The molecule has 2 aromatic rings. The van der Waals surface area contributed by atoms with Crippen LogP contribution in [0.3, 0.4) is 0 Å². The molecule has 1 aromatic heterocycles. The average Bonchev–Trinajstić information content (AvgIpc) is 3.00. The third-order valence-corrected chi connectivity index (χ3v) is 23.9. The first-order valence-corrected chi connectivity index (χ1v) is 23.1. The first-order chi connectivity index (χ1) is 20.1. The number of anilines is 1. The van der Waals surface area contributed by atoms with E-state index in [1.54, 1.807) is 11.8 Å². The number of hydrogen-bond acceptors (Lipinski definition) is 5. The number of benzene rings is 1. The van der Waals surface area contributed by atoms with Crippen molar-refractivity contribution in [3.05, 3.63) is 53.2 Å². The summed E-state index contributed by atoms with van der Waals surface area (Å²) >= 11 is -2.67. The number of carbonyl (C=O) groups is 1. The number of nitrogens with zero attached hydrogens (tertiary/aromatic N) is 3. The van der Waals surface area contributed by atoms with Crippen LogP contribution in [0.5, 0.6) is 0 Å². The summed E-state index contributed by atoms with van der Waals surface area (Å²) in [6, 6.07) is 8.83. The fraction of sp³-hybridized carbons (Fsp3) is 0.606. The Bertz CT molecular complexity index is 1170. The molecule has 2 heterocycles. The second kappa shape index (κ2) is 16.0. The van der Waals surface area contributed by atoms with Gasteiger partial charge >= 0.3 is 241 Å². The van der Waals surface area contributed by atoms with Gasteiger partial charge in [0, 0.05) is 0 Å². The van der Waals surface area contributed by atoms with Gasteiger partial charge in [0.2, 0.25) is 0 Å². The van der Waals surface area contributed by atoms with E-state index in [9.17, 15) is 23.2 Å². The van der Waals surface area contributed by atoms with Gasteiger partial charge in [-0.05, 0) is 0 Å². The molecule has 2 unspecified atom stereocenters. The van der Waals surface area contributed by atoms with Crippen molar-refractivity contribution in [1.82, 2.24) is 4.98 Å². The van der Waals surface area contributed by atoms with Crippen molar-refractivity contribution in [1.29, 1.82) is 5.26 Å². The number of ether oxygens (including phenoxy) is 1. The second-order valence-electron chi connectivity index (χ2n) is 11.6. The molecule has 0 N–H and O–H groups in total. The zero-order valence-electron chi connectivity index (χ0n) is 25.6. The molecule has 1 aliphatic rings. The van der Waals surface area contributed by atoms with Crippen LogP contribution in [-0.4, -0.2) is 48.5 Å². The molecule has 3 rings (SSSR count). The fourth-order valence-corrected chi connectivity index (χ4v) is 21.7. The number of carbonyl (C=O) groups excluding carboxylic acids is 1. The van der Waals surface area contributed by atoms with Crippen LogP contribution in [0.25, 0.3) is 0 Å². The van der Waals surface area contributed by atoms with Crippen molar-refractivity contribution < 1.29 is 22.7 Å². The summed E-state index contributed by atoms with van der Waals surface area (Å²) in [5, 5.41) is 9.69. The molecule has 42 heavy (non-hydrogen) atoms. The number of piperidine rings is 1. The number of unbranched alkanes of at least 4 members (excludes halogenated alkanes) is 3. The Balaban J connectivity index is 1.91. The number of esters is 1. The quantitative estimate of drug-likeness (QED) is 0.147. The molecule has 230 valence electrons. The number of aromatic nitrogens is 1. The van der Waals surface area contributed by atoms with Crippen LogP contribution in [-0.2, 0) is 15.7 Å². The first-order valence-electron chi connectivity index (χ1n) is 15.6. The summed E-state index contributed by atoms with van der Waals surface area (Å²) in [6.07, 6.45) is 6.01. The predicted octanol–water partition coefficient (Wildman–Crippen LogP) is 8.34. The van der Waals surface area contributed by atoms with E-state index in [-0.39, 0.29) is 18.1 Å². The number of rotatable bonds is 14. The van der Waals surface area contributed by atoms with E-state index >= 15 is 0 Å². The number of halogens is 3. The van der Waals surface area contributed by atoms with Crippen LogP contribution >= 0.6 is 0 Å². The molecule has 0 bridgehead atoms. The summed E-state index contributed by atoms with van der Waals surface area (Å²) < 4.78 is 50.7. The van der Waals surface area contributed by atoms with Gasteiger partial charge < -0.3 is 0 Å². The van der Waals surface area contributed by atoms with Gasteiger partial charge in [-0.25, -0.2) is 0 Å². The Labute approximate surface area is 253 Å². The molecule has 0 aliphatic carbocycles. The van der Waals surface area contributed by atoms with Gasteiger partial charge in [-0.2, -0.15) is 13.2 Å². The number of nitriles is 1. The summed E-state index contributed by atoms with van der Waals surface area (Å²) in [5.74, 6) is -0.367. The molecule has 1 fully saturated rings. The van der Waals surface area contributed by atoms with Crippen LogP contribution in [0.1, 0.15) is 102 Å². The third kappa shape index (κ3) is 8.42. The standard InChI is InChI=1S/C21H19F3N3O2.3C4H9.Sn/c1-2-29-20(28)19-11-14(15-4-3-8-26-13-15)7-9-27(19)18-6-5-17(21(22,23)24)10-16(18)12-25;3*1-3-4-2;/h3-6,10,13-14,19H,2,7,9,11H2,1H3;3*1,3-4H2,2H3;. The summed E-state index contributed by atoms with van der Waals surface area (Å²) in [5.41, 5.74) is 0.438. The Morgan fingerprint density at radius 2 is 1.69 bits per heavy atom. The summed E-state index contributed by atoms with van der Waals surface area (Å²) in [7, 11) is 0. The predicted molar refractivity (Wildman–Crippen MR) is 165 cm³/mol. The first kappa shape index (κ1) is 34.2. The molecule has 1 aliphatic heterocycles. The van der Waals surface area contributed by atoms with Crippen LogP contribution in [0.2, 0.25) is 13.3 Å². The van der Waals surface area contributed by atoms with E-state index < -0.39 is 42.1 Å². The van der Waals surface area contributed by atoms with Crippen LogP contribution in [0, 0.1) is 11.3 Å². The van der Waals surface area contributed by atoms with Gasteiger partial charge in [-0.3, -0.25) is 0 Å². The molecule has 1 saturated heterocycles. The third-order valence-electron chi connectivity index (χ3n) is 8.74. The Hall–Kier alpha value is -2.28. The van der Waals surface area contributed by atoms with Gasteiger partial charge in [0.05, 0.1) is 0 Å². The van der Waals surface area contributed by atoms with Crippen molar-refractivity contribution in [2.75, 3.05) is 18.1 Å². The van der Waals surface area contributed by atoms with E-state index in [1.807, 2.05) is 12.3 Å². The van der Waals surface area contributed by atoms with Gasteiger partial charge in [0.1, 0.15) is 0 Å². The molecule has 0 amide bonds. The van der Waals surface area contributed by atoms with Crippen LogP contribution in [0.4, 0.5) is 18.9 Å². The molecule has 9 heteroatoms. The van der Waals surface area contributed by atoms with E-state index in [2.05, 4.69) is 32.9 Å². The Morgan fingerprint density at radius 1 is 1.05 bits per heavy atom. The molecule has 2 atom stereocenters. The van der Waals surface area contributed by atoms with Crippen molar-refractivity contribution >= 4 is 33.7 Å². The summed E-state index contributed by atoms with van der Waals surface area (Å²) in [4.78, 5) is 20.0. The molecule has 0 spiro atoms. The van der Waals surface area contributed by atoms with Crippen LogP contribution in [0.15, 0.2) is 36.5 Å². The topological polar surface area (TPSA) is 66.2 Å². The maximum absolute atomic E-state index is 13.3. The number of alkyl halides is 3. The normalized spacial score (nSPS) is 17.6. The van der Waals surface area contributed by atoms with E-state index in [0.717, 1.165) is 17.7 Å². The molecule has 1 aromatic carbocycles. The fourth-order valence-electron chi connectivity index (χ4n) is 6.34. The van der Waals surface area contributed by atoms with Crippen molar-refractivity contribution in [2.45, 2.75) is 111 Å². The van der Waals surface area contributed by atoms with Gasteiger partial charge in [0.25, 0.3) is 0 Å². The zero-order chi connectivity index (χ0) is 30.8. The van der Waals surface area contributed by atoms with E-state index in [0.29, 0.717) is 25.1 Å². The van der Waals surface area contributed by atoms with Gasteiger partial charge in [-0.1, -0.05) is 0 Å². The molecule has 5 nitrogen and oxygen atoms in total. The minimum atomic E-state index is -4.55. The van der Waals surface area contributed by atoms with Crippen molar-refractivity contribution in [2.24, 2.45) is 0 Å². The molecular weight excluding hydrogens is 646 g/mol. The van der Waals surface area contributed by atoms with Crippen molar-refractivity contribution in [3.63, 3.8) is 0 Å². The van der Waals surface area contributed by atoms with Gasteiger partial charge in [-0.15, -0.1) is 0 Å². The van der Waals surface area contributed by atoms with Crippen LogP contribution < -0.4 is 8.61 Å². The van der Waals surface area contributed by atoms with E-state index in [4.69, 9.17) is 9.72 Å². The van der Waals surface area contributed by atoms with E-state index in [1.165, 1.54) is 61.6 Å². The second-order valence-corrected chi connectivity index (χ2v) is 24.6. The van der Waals surface area contributed by atoms with Gasteiger partial charge in [0.15, 0.2) is 0 Å². The summed E-state index contributed by atoms with van der Waals surface area (Å²) in [6.45, 7) is 9.15. The monoisotopic (exact) mass is 693 g/mol. The minimum absolute atomic E-state index is 0.0590. The molecule has 0 saturated carbocycles. The number of hydrogen-bond donors (Lipinski definition) is 0.